The fraction of sp³-hybridized carbons (Fsp3) is 1.00. The van der Waals surface area contributed by atoms with Gasteiger partial charge in [-0.15, -0.1) is 0 Å². The Bertz CT molecular complexity index is 173. The molecule has 1 rings (SSSR count). The van der Waals surface area contributed by atoms with Gasteiger partial charge in [0, 0.05) is 0 Å². The fourth-order valence-corrected chi connectivity index (χ4v) is 110. The van der Waals surface area contributed by atoms with Crippen molar-refractivity contribution in [2.45, 2.75) is 34.5 Å². The van der Waals surface area contributed by atoms with Crippen LogP contribution >= 0.6 is 30.3 Å². The molecule has 0 amide bonds. The van der Waals surface area contributed by atoms with Crippen molar-refractivity contribution in [1.82, 2.24) is 0 Å². The summed E-state index contributed by atoms with van der Waals surface area (Å²) in [5.41, 5.74) is 0. The van der Waals surface area contributed by atoms with Crippen LogP contribution in [0.2, 0.25) is 34.5 Å². The van der Waals surface area contributed by atoms with E-state index in [4.69, 9.17) is 0 Å². The summed E-state index contributed by atoms with van der Waals surface area (Å²) in [6.45, 7) is 0. The van der Waals surface area contributed by atoms with Gasteiger partial charge in [0.2, 0.25) is 0 Å². The van der Waals surface area contributed by atoms with E-state index in [-0.39, 0.29) is 0 Å². The van der Waals surface area contributed by atoms with Crippen molar-refractivity contribution in [2.75, 3.05) is 13.8 Å². The predicted octanol–water partition coefficient (Wildman–Crippen LogP) is 4.43. The summed E-state index contributed by atoms with van der Waals surface area (Å²) in [6, 6.07) is 0. The summed E-state index contributed by atoms with van der Waals surface area (Å²) < 4.78 is 4.70. The third kappa shape index (κ3) is 6.41. The van der Waals surface area contributed by atoms with E-state index in [0.29, 0.717) is 0 Å². The molecule has 1 saturated heterocycles. The summed E-state index contributed by atoms with van der Waals surface area (Å²) in [5.74, 6) is 15.8. The van der Waals surface area contributed by atoms with Gasteiger partial charge in [0.15, 0.2) is 0 Å². The van der Waals surface area contributed by atoms with Gasteiger partial charge in [0.1, 0.15) is 0 Å². The van der Waals surface area contributed by atoms with Crippen molar-refractivity contribution in [3.05, 3.63) is 0 Å². The molecular weight excluding hydrogens is 422 g/mol. The zero-order chi connectivity index (χ0) is 11.7. The van der Waals surface area contributed by atoms with Gasteiger partial charge in [0.05, 0.1) is 0 Å². The van der Waals surface area contributed by atoms with E-state index >= 15 is 0 Å². The molecule has 0 spiro atoms. The van der Waals surface area contributed by atoms with Crippen LogP contribution in [0.3, 0.4) is 0 Å². The summed E-state index contributed by atoms with van der Waals surface area (Å²) in [6.07, 6.45) is 0. The van der Waals surface area contributed by atoms with E-state index in [1.165, 1.54) is 0 Å². The van der Waals surface area contributed by atoms with Crippen LogP contribution in [0.25, 0.3) is 0 Å². The Morgan fingerprint density at radius 3 is 0.933 bits per heavy atom. The predicted molar refractivity (Wildman–Crippen MR) is 89.8 cm³/mol. The monoisotopic (exact) mass is 450 g/mol. The van der Waals surface area contributed by atoms with Crippen LogP contribution in [0.5, 0.6) is 0 Å². The van der Waals surface area contributed by atoms with Gasteiger partial charge in [-0.05, 0) is 0 Å². The van der Waals surface area contributed by atoms with Crippen LogP contribution < -0.4 is 0 Å². The Kier molecular flexibility index (Phi) is 6.04. The van der Waals surface area contributed by atoms with E-state index < -0.39 is 36.4 Å². The van der Waals surface area contributed by atoms with Crippen molar-refractivity contribution in [2.24, 2.45) is 0 Å². The molecule has 0 saturated carbocycles. The Morgan fingerprint density at radius 1 is 0.533 bits per heavy atom. The molecule has 6 heteroatoms. The van der Waals surface area contributed by atoms with Gasteiger partial charge in [0.25, 0.3) is 0 Å². The SMILES string of the molecule is [CH3][Ge]1([CH3])[CH2][S][Ge]([CH3])([CH3])[CH2][S][Ge]([CH3])([CH3])[CH2][S]1. The van der Waals surface area contributed by atoms with E-state index in [1.807, 2.05) is 0 Å². The van der Waals surface area contributed by atoms with Crippen LogP contribution in [0.4, 0.5) is 0 Å². The van der Waals surface area contributed by atoms with Gasteiger partial charge in [-0.25, -0.2) is 0 Å². The topological polar surface area (TPSA) is 0 Å². The number of hydrogen-bond acceptors (Lipinski definition) is 3. The normalized spacial score (nSPS) is 30.0. The van der Waals surface area contributed by atoms with Crippen molar-refractivity contribution in [3.8, 4) is 0 Å². The number of hydrogen-bond donors (Lipinski definition) is 0. The average Bonchev–Trinajstić information content (AvgIpc) is 2.12. The summed E-state index contributed by atoms with van der Waals surface area (Å²) in [7, 11) is 7.30. The van der Waals surface area contributed by atoms with Gasteiger partial charge in [-0.2, -0.15) is 0 Å². The minimum atomic E-state index is -1.43. The molecule has 0 nitrogen and oxygen atoms in total. The molecule has 1 aliphatic heterocycles. The van der Waals surface area contributed by atoms with Gasteiger partial charge in [-0.1, -0.05) is 0 Å². The molecular formula is C9H24Ge3S3. The quantitative estimate of drug-likeness (QED) is 0.506. The molecule has 0 aliphatic carbocycles. The first kappa shape index (κ1) is 15.7. The first-order valence-corrected chi connectivity index (χ1v) is 33.2. The van der Waals surface area contributed by atoms with Gasteiger partial charge in [-0.3, -0.25) is 0 Å². The third-order valence-corrected chi connectivity index (χ3v) is 57.6. The molecule has 0 N–H and O–H groups in total. The second kappa shape index (κ2) is 5.76. The number of rotatable bonds is 0. The molecule has 0 unspecified atom stereocenters. The van der Waals surface area contributed by atoms with Crippen molar-refractivity contribution >= 4 is 66.6 Å². The van der Waals surface area contributed by atoms with Crippen LogP contribution in [0.1, 0.15) is 0 Å². The second-order valence-electron chi connectivity index (χ2n) is 6.15. The molecule has 1 fully saturated rings. The molecule has 15 heavy (non-hydrogen) atoms. The fourth-order valence-electron chi connectivity index (χ4n) is 1.23. The standard InChI is InChI=1S/C9H24Ge3S3/c1-10(2)7-14-12(5,6)9-15-11(3,4)8-13-10/h7-9H2,1-6H3. The maximum atomic E-state index is 2.63. The third-order valence-electron chi connectivity index (χ3n) is 2.43. The molecule has 1 heterocycles. The van der Waals surface area contributed by atoms with Crippen molar-refractivity contribution < 1.29 is 0 Å². The molecule has 0 atom stereocenters. The van der Waals surface area contributed by atoms with Gasteiger partial charge < -0.3 is 0 Å². The molecule has 0 aromatic carbocycles. The first-order chi connectivity index (χ1) is 6.62. The van der Waals surface area contributed by atoms with Crippen LogP contribution in [-0.4, -0.2) is 50.1 Å². The summed E-state index contributed by atoms with van der Waals surface area (Å²) in [4.78, 5) is 0. The summed E-state index contributed by atoms with van der Waals surface area (Å²) in [5, 5.41) is 0. The molecule has 0 aromatic heterocycles. The van der Waals surface area contributed by atoms with E-state index in [1.54, 1.807) is 13.8 Å². The molecule has 0 aromatic rings. The molecule has 90 valence electrons. The maximum absolute atomic E-state index is 2.63. The van der Waals surface area contributed by atoms with E-state index in [0.717, 1.165) is 0 Å². The van der Waals surface area contributed by atoms with E-state index in [9.17, 15) is 0 Å². The molecule has 0 radical (unpaired) electrons. The zero-order valence-corrected chi connectivity index (χ0v) is 19.6. The Balaban J connectivity index is 2.74. The Morgan fingerprint density at radius 2 is 0.733 bits per heavy atom. The van der Waals surface area contributed by atoms with Crippen LogP contribution in [0, 0.1) is 0 Å². The van der Waals surface area contributed by atoms with Crippen molar-refractivity contribution in [1.29, 1.82) is 0 Å². The second-order valence-corrected chi connectivity index (χ2v) is 58.2. The molecule has 1 aliphatic rings. The van der Waals surface area contributed by atoms with Crippen LogP contribution in [-0.2, 0) is 0 Å². The zero-order valence-electron chi connectivity index (χ0n) is 10.8. The van der Waals surface area contributed by atoms with Gasteiger partial charge >= 0.3 is 115 Å². The Hall–Kier alpha value is 2.68. The Labute approximate surface area is 113 Å². The molecule has 0 bridgehead atoms. The van der Waals surface area contributed by atoms with Crippen LogP contribution in [0.15, 0.2) is 0 Å². The summed E-state index contributed by atoms with van der Waals surface area (Å²) >= 11 is -4.28. The first-order valence-electron chi connectivity index (χ1n) is 5.54. The van der Waals surface area contributed by atoms with E-state index in [2.05, 4.69) is 64.8 Å². The minimum absolute atomic E-state index is 1.43. The van der Waals surface area contributed by atoms with Crippen molar-refractivity contribution in [3.63, 3.8) is 0 Å². The average molecular weight is 446 g/mol.